The minimum absolute atomic E-state index is 0.0741. The number of benzene rings is 1. The molecular formula is C15H18N4O3S. The molecule has 0 saturated heterocycles. The fourth-order valence-corrected chi connectivity index (χ4v) is 3.81. The van der Waals surface area contributed by atoms with E-state index < -0.39 is 10.0 Å². The molecule has 3 aromatic rings. The van der Waals surface area contributed by atoms with Crippen molar-refractivity contribution in [3.63, 3.8) is 0 Å². The Balaban J connectivity index is 1.98. The Morgan fingerprint density at radius 1 is 1.26 bits per heavy atom. The van der Waals surface area contributed by atoms with Gasteiger partial charge in [0.05, 0.1) is 16.7 Å². The molecular weight excluding hydrogens is 316 g/mol. The monoisotopic (exact) mass is 334 g/mol. The number of hydrogen-bond acceptors (Lipinski definition) is 5. The third-order valence-electron chi connectivity index (χ3n) is 3.54. The Labute approximate surface area is 134 Å². The van der Waals surface area contributed by atoms with Crippen molar-refractivity contribution < 1.29 is 12.9 Å². The molecule has 2 N–H and O–H groups in total. The maximum Gasteiger partial charge on any atom is 0.267 e. The number of H-pyrrole nitrogens is 1. The van der Waals surface area contributed by atoms with Crippen molar-refractivity contribution in [2.24, 2.45) is 0 Å². The van der Waals surface area contributed by atoms with Gasteiger partial charge in [-0.3, -0.25) is 4.72 Å². The summed E-state index contributed by atoms with van der Waals surface area (Å²) in [5.41, 5.74) is 2.37. The Bertz CT molecular complexity index is 950. The van der Waals surface area contributed by atoms with E-state index in [1.807, 2.05) is 13.8 Å². The summed E-state index contributed by atoms with van der Waals surface area (Å²) in [6, 6.07) is 5.19. The van der Waals surface area contributed by atoms with Gasteiger partial charge in [0.25, 0.3) is 10.0 Å². The van der Waals surface area contributed by atoms with Crippen LogP contribution in [0.1, 0.15) is 37.0 Å². The van der Waals surface area contributed by atoms with E-state index in [-0.39, 0.29) is 16.6 Å². The first-order valence-electron chi connectivity index (χ1n) is 7.23. The molecule has 122 valence electrons. The normalized spacial score (nSPS) is 12.2. The standard InChI is InChI=1S/C15H18N4O3S/c1-8(2)15-16-12-6-5-11(7-13(12)17-15)19-23(20,21)14-9(3)18-22-10(14)4/h5-8,19H,1-4H3,(H,16,17). The smallest absolute Gasteiger partial charge is 0.267 e. The second-order valence-electron chi connectivity index (χ2n) is 5.77. The molecule has 0 aliphatic carbocycles. The quantitative estimate of drug-likeness (QED) is 0.763. The van der Waals surface area contributed by atoms with Crippen molar-refractivity contribution in [1.82, 2.24) is 15.1 Å². The number of sulfonamides is 1. The molecule has 0 atom stereocenters. The average Bonchev–Trinajstić information content (AvgIpc) is 3.01. The van der Waals surface area contributed by atoms with Gasteiger partial charge in [0, 0.05) is 5.92 Å². The first kappa shape index (κ1) is 15.5. The van der Waals surface area contributed by atoms with Crippen molar-refractivity contribution in [1.29, 1.82) is 0 Å². The number of nitrogens with one attached hydrogen (secondary N) is 2. The first-order chi connectivity index (χ1) is 10.8. The summed E-state index contributed by atoms with van der Waals surface area (Å²) in [5.74, 6) is 1.40. The third kappa shape index (κ3) is 2.81. The Morgan fingerprint density at radius 2 is 2.00 bits per heavy atom. The fourth-order valence-electron chi connectivity index (χ4n) is 2.43. The maximum absolute atomic E-state index is 12.5. The summed E-state index contributed by atoms with van der Waals surface area (Å²) in [7, 11) is -3.75. The van der Waals surface area contributed by atoms with Crippen LogP contribution in [0.15, 0.2) is 27.6 Å². The summed E-state index contributed by atoms with van der Waals surface area (Å²) in [6.07, 6.45) is 0. The Kier molecular flexibility index (Phi) is 3.63. The summed E-state index contributed by atoms with van der Waals surface area (Å²) in [6.45, 7) is 7.25. The van der Waals surface area contributed by atoms with Gasteiger partial charge in [-0.15, -0.1) is 0 Å². The van der Waals surface area contributed by atoms with E-state index in [0.717, 1.165) is 16.9 Å². The van der Waals surface area contributed by atoms with Crippen molar-refractivity contribution in [3.8, 4) is 0 Å². The molecule has 7 nitrogen and oxygen atoms in total. The fraction of sp³-hybridized carbons (Fsp3) is 0.333. The van der Waals surface area contributed by atoms with E-state index in [4.69, 9.17) is 4.52 Å². The molecule has 1 aromatic carbocycles. The molecule has 0 radical (unpaired) electrons. The van der Waals surface area contributed by atoms with Crippen LogP contribution in [0.5, 0.6) is 0 Å². The van der Waals surface area contributed by atoms with E-state index in [0.29, 0.717) is 11.4 Å². The molecule has 0 unspecified atom stereocenters. The highest BCUT2D eigenvalue weighted by atomic mass is 32.2. The molecule has 0 bridgehead atoms. The highest BCUT2D eigenvalue weighted by molar-refractivity contribution is 7.92. The number of aromatic amines is 1. The van der Waals surface area contributed by atoms with Gasteiger partial charge < -0.3 is 9.51 Å². The lowest BCUT2D eigenvalue weighted by molar-refractivity contribution is 0.390. The van der Waals surface area contributed by atoms with Crippen LogP contribution in [0, 0.1) is 13.8 Å². The summed E-state index contributed by atoms with van der Waals surface area (Å²) in [4.78, 5) is 7.75. The highest BCUT2D eigenvalue weighted by Crippen LogP contribution is 2.25. The molecule has 2 heterocycles. The molecule has 0 spiro atoms. The number of hydrogen-bond donors (Lipinski definition) is 2. The predicted molar refractivity (Wildman–Crippen MR) is 87.0 cm³/mol. The van der Waals surface area contributed by atoms with Crippen LogP contribution in [-0.2, 0) is 10.0 Å². The number of aryl methyl sites for hydroxylation is 2. The minimum atomic E-state index is -3.75. The van der Waals surface area contributed by atoms with Crippen LogP contribution in [-0.4, -0.2) is 23.5 Å². The van der Waals surface area contributed by atoms with Gasteiger partial charge in [-0.1, -0.05) is 19.0 Å². The third-order valence-corrected chi connectivity index (χ3v) is 5.16. The zero-order chi connectivity index (χ0) is 16.8. The van der Waals surface area contributed by atoms with Gasteiger partial charge in [0.15, 0.2) is 10.7 Å². The SMILES string of the molecule is Cc1noc(C)c1S(=O)(=O)Nc1ccc2nc(C(C)C)[nH]c2c1. The van der Waals surface area contributed by atoms with E-state index in [2.05, 4.69) is 19.8 Å². The topological polar surface area (TPSA) is 101 Å². The van der Waals surface area contributed by atoms with Gasteiger partial charge in [-0.25, -0.2) is 13.4 Å². The lowest BCUT2D eigenvalue weighted by Gasteiger charge is -2.07. The molecule has 23 heavy (non-hydrogen) atoms. The zero-order valence-electron chi connectivity index (χ0n) is 13.3. The van der Waals surface area contributed by atoms with Gasteiger partial charge in [0.2, 0.25) is 0 Å². The molecule has 2 aromatic heterocycles. The molecule has 8 heteroatoms. The van der Waals surface area contributed by atoms with Gasteiger partial charge >= 0.3 is 0 Å². The molecule has 0 fully saturated rings. The molecule has 0 amide bonds. The van der Waals surface area contributed by atoms with Crippen molar-refractivity contribution in [3.05, 3.63) is 35.5 Å². The van der Waals surface area contributed by atoms with Crippen LogP contribution in [0.25, 0.3) is 11.0 Å². The van der Waals surface area contributed by atoms with Crippen LogP contribution in [0.4, 0.5) is 5.69 Å². The summed E-state index contributed by atoms with van der Waals surface area (Å²) < 4.78 is 32.5. The lowest BCUT2D eigenvalue weighted by Crippen LogP contribution is -2.14. The van der Waals surface area contributed by atoms with E-state index in [1.54, 1.807) is 32.0 Å². The van der Waals surface area contributed by atoms with Gasteiger partial charge in [0.1, 0.15) is 11.5 Å². The minimum Gasteiger partial charge on any atom is -0.360 e. The van der Waals surface area contributed by atoms with Crippen molar-refractivity contribution in [2.45, 2.75) is 38.5 Å². The Morgan fingerprint density at radius 3 is 2.61 bits per heavy atom. The van der Waals surface area contributed by atoms with Crippen LogP contribution >= 0.6 is 0 Å². The van der Waals surface area contributed by atoms with E-state index in [9.17, 15) is 8.42 Å². The van der Waals surface area contributed by atoms with E-state index >= 15 is 0 Å². The van der Waals surface area contributed by atoms with Crippen LogP contribution in [0.3, 0.4) is 0 Å². The summed E-state index contributed by atoms with van der Waals surface area (Å²) in [5, 5.41) is 3.69. The molecule has 0 aliphatic rings. The second kappa shape index (κ2) is 5.38. The maximum atomic E-state index is 12.5. The van der Waals surface area contributed by atoms with Crippen molar-refractivity contribution >= 4 is 26.7 Å². The number of anilines is 1. The van der Waals surface area contributed by atoms with Crippen LogP contribution in [0.2, 0.25) is 0 Å². The largest absolute Gasteiger partial charge is 0.360 e. The number of aromatic nitrogens is 3. The van der Waals surface area contributed by atoms with E-state index in [1.165, 1.54) is 0 Å². The number of imidazole rings is 1. The molecule has 3 rings (SSSR count). The first-order valence-corrected chi connectivity index (χ1v) is 8.71. The lowest BCUT2D eigenvalue weighted by atomic mass is 10.2. The second-order valence-corrected chi connectivity index (χ2v) is 7.39. The predicted octanol–water partition coefficient (Wildman–Crippen LogP) is 3.09. The number of fused-ring (bicyclic) bond motifs is 1. The molecule has 0 aliphatic heterocycles. The highest BCUT2D eigenvalue weighted by Gasteiger charge is 2.24. The molecule has 0 saturated carbocycles. The summed E-state index contributed by atoms with van der Waals surface area (Å²) >= 11 is 0. The van der Waals surface area contributed by atoms with Crippen molar-refractivity contribution in [2.75, 3.05) is 4.72 Å². The van der Waals surface area contributed by atoms with Gasteiger partial charge in [-0.05, 0) is 32.0 Å². The Hall–Kier alpha value is -2.35. The average molecular weight is 334 g/mol. The number of rotatable bonds is 4. The zero-order valence-corrected chi connectivity index (χ0v) is 14.2. The van der Waals surface area contributed by atoms with Gasteiger partial charge in [-0.2, -0.15) is 0 Å². The number of nitrogens with zero attached hydrogens (tertiary/aromatic N) is 2. The van der Waals surface area contributed by atoms with Crippen LogP contribution < -0.4 is 4.72 Å².